The highest BCUT2D eigenvalue weighted by Crippen LogP contribution is 2.59. The van der Waals surface area contributed by atoms with Gasteiger partial charge in [-0.05, 0) is 63.6 Å². The number of likely N-dealkylation sites (tertiary alicyclic amines) is 1. The minimum absolute atomic E-state index is 0.0880. The Bertz CT molecular complexity index is 757. The maximum absolute atomic E-state index is 13.7. The third-order valence-corrected chi connectivity index (χ3v) is 6.51. The Labute approximate surface area is 156 Å². The zero-order chi connectivity index (χ0) is 19.6. The molecule has 1 aliphatic carbocycles. The van der Waals surface area contributed by atoms with Gasteiger partial charge in [0.15, 0.2) is 0 Å². The van der Waals surface area contributed by atoms with Gasteiger partial charge in [-0.2, -0.15) is 13.2 Å². The van der Waals surface area contributed by atoms with Crippen molar-refractivity contribution in [1.29, 1.82) is 0 Å². The molecule has 1 saturated carbocycles. The van der Waals surface area contributed by atoms with E-state index in [1.807, 2.05) is 6.07 Å². The lowest BCUT2D eigenvalue weighted by Gasteiger charge is -2.42. The molecule has 148 valence electrons. The number of alkyl halides is 3. The number of anilines is 1. The number of nitrogens with zero attached hydrogens (tertiary/aromatic N) is 2. The molecule has 0 aromatic heterocycles. The van der Waals surface area contributed by atoms with Crippen LogP contribution in [0.3, 0.4) is 0 Å². The molecule has 2 aliphatic heterocycles. The summed E-state index contributed by atoms with van der Waals surface area (Å²) in [4.78, 5) is 16.2. The van der Waals surface area contributed by atoms with Crippen LogP contribution in [0.4, 0.5) is 23.2 Å². The van der Waals surface area contributed by atoms with Crippen LogP contribution in [-0.4, -0.2) is 41.7 Å². The van der Waals surface area contributed by atoms with Crippen LogP contribution in [0, 0.1) is 17.2 Å². The molecule has 0 N–H and O–H groups in total. The summed E-state index contributed by atoms with van der Waals surface area (Å²) in [6.45, 7) is 4.80. The molecule has 2 saturated heterocycles. The van der Waals surface area contributed by atoms with Gasteiger partial charge >= 0.3 is 6.18 Å². The SMILES string of the molecule is CC1(C)C[C@@H]2CN(C(=O)C3(C(F)(F)F)CC3)CC[C@@H]2N1c1cccc(F)c1. The van der Waals surface area contributed by atoms with Gasteiger partial charge in [-0.1, -0.05) is 6.07 Å². The van der Waals surface area contributed by atoms with Crippen molar-refractivity contribution in [3.8, 4) is 0 Å². The molecule has 1 aromatic carbocycles. The molecule has 0 unspecified atom stereocenters. The zero-order valence-corrected chi connectivity index (χ0v) is 15.5. The highest BCUT2D eigenvalue weighted by Gasteiger charge is 2.69. The predicted octanol–water partition coefficient (Wildman–Crippen LogP) is 4.37. The molecule has 0 bridgehead atoms. The standard InChI is InChI=1S/C20H24F4N2O/c1-18(2)11-13-12-25(17(27)19(7-8-19)20(22,23)24)9-6-16(13)26(18)15-5-3-4-14(21)10-15/h3-5,10,13,16H,6-9,11-12H2,1-2H3/t13-,16+/m1/s1. The van der Waals surface area contributed by atoms with Gasteiger partial charge in [0.2, 0.25) is 5.91 Å². The van der Waals surface area contributed by atoms with Crippen molar-refractivity contribution < 1.29 is 22.4 Å². The summed E-state index contributed by atoms with van der Waals surface area (Å²) in [6.07, 6.45) is -3.30. The predicted molar refractivity (Wildman–Crippen MR) is 93.8 cm³/mol. The average Bonchev–Trinajstić information content (AvgIpc) is 3.32. The van der Waals surface area contributed by atoms with E-state index < -0.39 is 17.5 Å². The van der Waals surface area contributed by atoms with E-state index in [9.17, 15) is 22.4 Å². The monoisotopic (exact) mass is 384 g/mol. The van der Waals surface area contributed by atoms with E-state index >= 15 is 0 Å². The number of carbonyl (C=O) groups is 1. The highest BCUT2D eigenvalue weighted by molar-refractivity contribution is 5.86. The number of piperidine rings is 1. The fourth-order valence-electron chi connectivity index (χ4n) is 5.15. The normalized spacial score (nSPS) is 28.8. The van der Waals surface area contributed by atoms with Gasteiger partial charge in [0.25, 0.3) is 0 Å². The Morgan fingerprint density at radius 3 is 2.52 bits per heavy atom. The van der Waals surface area contributed by atoms with Crippen LogP contribution in [0.2, 0.25) is 0 Å². The van der Waals surface area contributed by atoms with Gasteiger partial charge in [-0.3, -0.25) is 4.79 Å². The average molecular weight is 384 g/mol. The molecule has 0 radical (unpaired) electrons. The number of fused-ring (bicyclic) bond motifs is 1. The van der Waals surface area contributed by atoms with Crippen molar-refractivity contribution in [2.45, 2.75) is 57.3 Å². The highest BCUT2D eigenvalue weighted by atomic mass is 19.4. The first kappa shape index (κ1) is 18.6. The number of halogens is 4. The van der Waals surface area contributed by atoms with Crippen molar-refractivity contribution in [3.05, 3.63) is 30.1 Å². The van der Waals surface area contributed by atoms with Gasteiger partial charge < -0.3 is 9.80 Å². The third kappa shape index (κ3) is 2.90. The van der Waals surface area contributed by atoms with Crippen LogP contribution in [-0.2, 0) is 4.79 Å². The fraction of sp³-hybridized carbons (Fsp3) is 0.650. The van der Waals surface area contributed by atoms with Crippen LogP contribution in [0.5, 0.6) is 0 Å². The summed E-state index contributed by atoms with van der Waals surface area (Å²) in [7, 11) is 0. The van der Waals surface area contributed by atoms with Gasteiger partial charge in [-0.15, -0.1) is 0 Å². The molecular weight excluding hydrogens is 360 g/mol. The summed E-state index contributed by atoms with van der Waals surface area (Å²) >= 11 is 0. The van der Waals surface area contributed by atoms with Crippen LogP contribution >= 0.6 is 0 Å². The number of benzene rings is 1. The van der Waals surface area contributed by atoms with Crippen molar-refractivity contribution in [2.75, 3.05) is 18.0 Å². The topological polar surface area (TPSA) is 23.6 Å². The van der Waals surface area contributed by atoms with E-state index in [1.54, 1.807) is 6.07 Å². The number of hydrogen-bond donors (Lipinski definition) is 0. The number of amides is 1. The van der Waals surface area contributed by atoms with Gasteiger partial charge in [0.1, 0.15) is 11.2 Å². The smallest absolute Gasteiger partial charge is 0.363 e. The molecule has 3 fully saturated rings. The molecule has 4 rings (SSSR count). The molecule has 7 heteroatoms. The van der Waals surface area contributed by atoms with Crippen molar-refractivity contribution in [3.63, 3.8) is 0 Å². The summed E-state index contributed by atoms with van der Waals surface area (Å²) in [5, 5.41) is 0. The Morgan fingerprint density at radius 2 is 1.93 bits per heavy atom. The molecule has 1 amide bonds. The Morgan fingerprint density at radius 1 is 1.22 bits per heavy atom. The lowest BCUT2D eigenvalue weighted by atomic mass is 9.89. The van der Waals surface area contributed by atoms with Crippen LogP contribution in [0.15, 0.2) is 24.3 Å². The first-order chi connectivity index (χ1) is 12.6. The lowest BCUT2D eigenvalue weighted by Crippen LogP contribution is -2.53. The van der Waals surface area contributed by atoms with E-state index in [1.165, 1.54) is 17.0 Å². The van der Waals surface area contributed by atoms with E-state index in [-0.39, 0.29) is 36.2 Å². The largest absolute Gasteiger partial charge is 0.403 e. The summed E-state index contributed by atoms with van der Waals surface area (Å²) in [5.74, 6) is -0.972. The molecular formula is C20H24F4N2O. The maximum Gasteiger partial charge on any atom is 0.403 e. The third-order valence-electron chi connectivity index (χ3n) is 6.51. The second-order valence-corrected chi connectivity index (χ2v) is 8.81. The van der Waals surface area contributed by atoms with Gasteiger partial charge in [0.05, 0.1) is 0 Å². The van der Waals surface area contributed by atoms with Crippen molar-refractivity contribution >= 4 is 11.6 Å². The molecule has 3 aliphatic rings. The first-order valence-electron chi connectivity index (χ1n) is 9.46. The molecule has 3 nitrogen and oxygen atoms in total. The van der Waals surface area contributed by atoms with E-state index in [0.717, 1.165) is 12.1 Å². The van der Waals surface area contributed by atoms with E-state index in [0.29, 0.717) is 19.5 Å². The molecule has 2 heterocycles. The molecule has 2 atom stereocenters. The van der Waals surface area contributed by atoms with Crippen molar-refractivity contribution in [1.82, 2.24) is 4.90 Å². The summed E-state index contributed by atoms with van der Waals surface area (Å²) in [6, 6.07) is 6.55. The molecule has 0 spiro atoms. The number of rotatable bonds is 2. The Kier molecular flexibility index (Phi) is 4.02. The second kappa shape index (κ2) is 5.85. The van der Waals surface area contributed by atoms with E-state index in [4.69, 9.17) is 0 Å². The van der Waals surface area contributed by atoms with E-state index in [2.05, 4.69) is 18.7 Å². The maximum atomic E-state index is 13.7. The molecule has 27 heavy (non-hydrogen) atoms. The molecule has 1 aromatic rings. The number of carbonyl (C=O) groups excluding carboxylic acids is 1. The minimum Gasteiger partial charge on any atom is -0.363 e. The number of hydrogen-bond acceptors (Lipinski definition) is 2. The minimum atomic E-state index is -4.47. The lowest BCUT2D eigenvalue weighted by molar-refractivity contribution is -0.199. The quantitative estimate of drug-likeness (QED) is 0.707. The Hall–Kier alpha value is -1.79. The van der Waals surface area contributed by atoms with Crippen molar-refractivity contribution in [2.24, 2.45) is 11.3 Å². The Balaban J connectivity index is 1.55. The fourth-order valence-corrected chi connectivity index (χ4v) is 5.15. The van der Waals surface area contributed by atoms with Gasteiger partial charge in [-0.25, -0.2) is 4.39 Å². The second-order valence-electron chi connectivity index (χ2n) is 8.81. The summed E-state index contributed by atoms with van der Waals surface area (Å²) < 4.78 is 53.7. The van der Waals surface area contributed by atoms with Crippen LogP contribution in [0.25, 0.3) is 0 Å². The zero-order valence-electron chi connectivity index (χ0n) is 15.5. The first-order valence-corrected chi connectivity index (χ1v) is 9.46. The van der Waals surface area contributed by atoms with Crippen LogP contribution in [0.1, 0.15) is 39.5 Å². The van der Waals surface area contributed by atoms with Crippen LogP contribution < -0.4 is 4.90 Å². The summed E-state index contributed by atoms with van der Waals surface area (Å²) in [5.41, 5.74) is -1.60. The van der Waals surface area contributed by atoms with Gasteiger partial charge in [0, 0.05) is 30.4 Å².